The molecule has 0 aliphatic heterocycles. The van der Waals surface area contributed by atoms with Crippen LogP contribution in [0.15, 0.2) is 41.5 Å². The van der Waals surface area contributed by atoms with Gasteiger partial charge in [0, 0.05) is 21.2 Å². The lowest BCUT2D eigenvalue weighted by Crippen LogP contribution is -2.25. The van der Waals surface area contributed by atoms with Crippen molar-refractivity contribution in [3.63, 3.8) is 0 Å². The number of halogens is 2. The molecule has 0 bridgehead atoms. The lowest BCUT2D eigenvalue weighted by molar-refractivity contribution is -0.386. The third-order valence-corrected chi connectivity index (χ3v) is 5.73. The Morgan fingerprint density at radius 3 is 2.57 bits per heavy atom. The molecule has 12 heteroatoms. The van der Waals surface area contributed by atoms with E-state index >= 15 is 0 Å². The van der Waals surface area contributed by atoms with Gasteiger partial charge in [-0.15, -0.1) is 0 Å². The second-order valence-corrected chi connectivity index (χ2v) is 8.40. The van der Waals surface area contributed by atoms with Crippen molar-refractivity contribution in [1.82, 2.24) is 15.2 Å². The maximum absolute atomic E-state index is 12.3. The lowest BCUT2D eigenvalue weighted by Gasteiger charge is -2.13. The largest absolute Gasteiger partial charge is 0.493 e. The molecule has 0 spiro atoms. The molecule has 10 nitrogen and oxygen atoms in total. The minimum Gasteiger partial charge on any atom is -0.493 e. The number of aromatic nitrogens is 2. The summed E-state index contributed by atoms with van der Waals surface area (Å²) in [5.74, 6) is 0.505. The SMILES string of the molecule is COc1cc(/C(C)=N/NC(=O)Cn2nc(C)c([N+](=O)[O-])c2C)ccc1OCc1ccc(Cl)cc1Cl. The van der Waals surface area contributed by atoms with Gasteiger partial charge in [0.05, 0.1) is 17.7 Å². The summed E-state index contributed by atoms with van der Waals surface area (Å²) in [6.45, 7) is 4.79. The first kappa shape index (κ1) is 26.0. The molecule has 184 valence electrons. The van der Waals surface area contributed by atoms with Gasteiger partial charge in [-0.3, -0.25) is 19.6 Å². The van der Waals surface area contributed by atoms with Crippen molar-refractivity contribution >= 4 is 40.5 Å². The number of ether oxygens (including phenoxy) is 2. The molecule has 0 fully saturated rings. The van der Waals surface area contributed by atoms with Crippen LogP contribution in [-0.2, 0) is 17.9 Å². The number of carbonyl (C=O) groups excluding carboxylic acids is 1. The Labute approximate surface area is 211 Å². The number of aryl methyl sites for hydroxylation is 1. The van der Waals surface area contributed by atoms with Crippen LogP contribution in [0.25, 0.3) is 0 Å². The molecule has 0 aliphatic rings. The highest BCUT2D eigenvalue weighted by atomic mass is 35.5. The lowest BCUT2D eigenvalue weighted by atomic mass is 10.1. The number of nitrogens with one attached hydrogen (secondary N) is 1. The Hall–Kier alpha value is -3.63. The molecule has 0 atom stereocenters. The van der Waals surface area contributed by atoms with E-state index < -0.39 is 10.8 Å². The van der Waals surface area contributed by atoms with Crippen molar-refractivity contribution in [2.45, 2.75) is 33.9 Å². The van der Waals surface area contributed by atoms with E-state index in [-0.39, 0.29) is 24.5 Å². The molecule has 0 unspecified atom stereocenters. The number of nitrogens with zero attached hydrogens (tertiary/aromatic N) is 4. The highest BCUT2D eigenvalue weighted by molar-refractivity contribution is 6.35. The summed E-state index contributed by atoms with van der Waals surface area (Å²) < 4.78 is 12.6. The molecule has 3 rings (SSSR count). The van der Waals surface area contributed by atoms with Gasteiger partial charge in [0.1, 0.15) is 24.5 Å². The fourth-order valence-corrected chi connectivity index (χ4v) is 3.76. The number of hydrogen-bond donors (Lipinski definition) is 1. The first-order chi connectivity index (χ1) is 16.6. The molecular formula is C23H23Cl2N5O5. The first-order valence-electron chi connectivity index (χ1n) is 10.4. The minimum absolute atomic E-state index is 0.106. The van der Waals surface area contributed by atoms with E-state index in [0.29, 0.717) is 38.5 Å². The molecule has 1 heterocycles. The van der Waals surface area contributed by atoms with Crippen LogP contribution in [0.2, 0.25) is 10.0 Å². The van der Waals surface area contributed by atoms with Crippen molar-refractivity contribution < 1.29 is 19.2 Å². The van der Waals surface area contributed by atoms with Crippen LogP contribution in [-0.4, -0.2) is 33.4 Å². The molecule has 2 aromatic carbocycles. The number of benzene rings is 2. The summed E-state index contributed by atoms with van der Waals surface area (Å²) in [6.07, 6.45) is 0. The molecule has 1 N–H and O–H groups in total. The Balaban J connectivity index is 1.67. The number of rotatable bonds is 9. The molecule has 0 aliphatic carbocycles. The van der Waals surface area contributed by atoms with Crippen LogP contribution < -0.4 is 14.9 Å². The van der Waals surface area contributed by atoms with E-state index in [1.54, 1.807) is 43.3 Å². The summed E-state index contributed by atoms with van der Waals surface area (Å²) in [4.78, 5) is 22.9. The molecule has 0 radical (unpaired) electrons. The maximum Gasteiger partial charge on any atom is 0.312 e. The third kappa shape index (κ3) is 6.28. The monoisotopic (exact) mass is 519 g/mol. The van der Waals surface area contributed by atoms with E-state index in [0.717, 1.165) is 5.56 Å². The molecule has 35 heavy (non-hydrogen) atoms. The Morgan fingerprint density at radius 1 is 1.20 bits per heavy atom. The smallest absolute Gasteiger partial charge is 0.312 e. The van der Waals surface area contributed by atoms with E-state index in [9.17, 15) is 14.9 Å². The van der Waals surface area contributed by atoms with Gasteiger partial charge in [0.25, 0.3) is 5.91 Å². The molecule has 0 saturated carbocycles. The van der Waals surface area contributed by atoms with Crippen molar-refractivity contribution in [3.8, 4) is 11.5 Å². The molecule has 3 aromatic rings. The molecule has 0 saturated heterocycles. The summed E-state index contributed by atoms with van der Waals surface area (Å²) in [6, 6.07) is 10.4. The van der Waals surface area contributed by atoms with Crippen LogP contribution in [0.3, 0.4) is 0 Å². The predicted octanol–water partition coefficient (Wildman–Crippen LogP) is 4.84. The van der Waals surface area contributed by atoms with Gasteiger partial charge in [-0.05, 0) is 51.1 Å². The average molecular weight is 520 g/mol. The van der Waals surface area contributed by atoms with Crippen molar-refractivity contribution in [1.29, 1.82) is 0 Å². The van der Waals surface area contributed by atoms with Gasteiger partial charge in [-0.1, -0.05) is 29.3 Å². The third-order valence-electron chi connectivity index (χ3n) is 5.15. The topological polar surface area (TPSA) is 121 Å². The number of hydrogen-bond acceptors (Lipinski definition) is 7. The van der Waals surface area contributed by atoms with Gasteiger partial charge in [-0.2, -0.15) is 10.2 Å². The predicted molar refractivity (Wildman–Crippen MR) is 132 cm³/mol. The zero-order valence-electron chi connectivity index (χ0n) is 19.5. The highest BCUT2D eigenvalue weighted by Gasteiger charge is 2.22. The van der Waals surface area contributed by atoms with Crippen LogP contribution >= 0.6 is 23.2 Å². The number of hydrazone groups is 1. The number of nitro groups is 1. The van der Waals surface area contributed by atoms with Crippen molar-refractivity contribution in [2.75, 3.05) is 7.11 Å². The summed E-state index contributed by atoms with van der Waals surface area (Å²) >= 11 is 12.1. The Bertz CT molecular complexity index is 1310. The van der Waals surface area contributed by atoms with Crippen LogP contribution in [0.4, 0.5) is 5.69 Å². The van der Waals surface area contributed by atoms with Crippen LogP contribution in [0, 0.1) is 24.0 Å². The second-order valence-electron chi connectivity index (χ2n) is 7.56. The fraction of sp³-hybridized carbons (Fsp3) is 0.261. The van der Waals surface area contributed by atoms with Gasteiger partial charge in [-0.25, -0.2) is 5.43 Å². The van der Waals surface area contributed by atoms with Gasteiger partial charge in [0.15, 0.2) is 11.5 Å². The van der Waals surface area contributed by atoms with E-state index in [1.807, 2.05) is 0 Å². The van der Waals surface area contributed by atoms with E-state index in [2.05, 4.69) is 15.6 Å². The normalized spacial score (nSPS) is 11.3. The Morgan fingerprint density at radius 2 is 1.94 bits per heavy atom. The molecule has 1 amide bonds. The standard InChI is InChI=1S/C23H23Cl2N5O5/c1-13(26-27-22(31)11-29-15(3)23(30(32)33)14(2)28-29)16-6-8-20(21(9-16)34-4)35-12-17-5-7-18(24)10-19(17)25/h5-10H,11-12H2,1-4H3,(H,27,31)/b26-13+. The van der Waals surface area contributed by atoms with E-state index in [1.165, 1.54) is 25.6 Å². The zero-order valence-corrected chi connectivity index (χ0v) is 21.0. The number of methoxy groups -OCH3 is 1. The zero-order chi connectivity index (χ0) is 25.7. The van der Waals surface area contributed by atoms with Crippen molar-refractivity contribution in [3.05, 3.63) is 79.1 Å². The number of carbonyl (C=O) groups is 1. The summed E-state index contributed by atoms with van der Waals surface area (Å²) in [7, 11) is 1.52. The minimum atomic E-state index is -0.515. The quantitative estimate of drug-likeness (QED) is 0.245. The molecule has 1 aromatic heterocycles. The maximum atomic E-state index is 12.3. The number of amides is 1. The summed E-state index contributed by atoms with van der Waals surface area (Å²) in [5, 5.41) is 20.3. The second kappa shape index (κ2) is 11.2. The molecular weight excluding hydrogens is 497 g/mol. The van der Waals surface area contributed by atoms with Crippen LogP contribution in [0.1, 0.15) is 29.4 Å². The van der Waals surface area contributed by atoms with Gasteiger partial charge in [0.2, 0.25) is 0 Å². The Kier molecular flexibility index (Phi) is 8.31. The average Bonchev–Trinajstić information content (AvgIpc) is 3.09. The van der Waals surface area contributed by atoms with E-state index in [4.69, 9.17) is 32.7 Å². The van der Waals surface area contributed by atoms with Crippen molar-refractivity contribution in [2.24, 2.45) is 5.10 Å². The van der Waals surface area contributed by atoms with Gasteiger partial charge < -0.3 is 9.47 Å². The van der Waals surface area contributed by atoms with Crippen LogP contribution in [0.5, 0.6) is 11.5 Å². The van der Waals surface area contributed by atoms with Gasteiger partial charge >= 0.3 is 5.69 Å². The fourth-order valence-electron chi connectivity index (χ4n) is 3.29. The summed E-state index contributed by atoms with van der Waals surface area (Å²) in [5.41, 5.74) is 4.86. The first-order valence-corrected chi connectivity index (χ1v) is 11.1. The highest BCUT2D eigenvalue weighted by Crippen LogP contribution is 2.30.